The molecule has 4 aliphatic rings. The van der Waals surface area contributed by atoms with E-state index in [0.717, 1.165) is 32.1 Å². The van der Waals surface area contributed by atoms with Crippen LogP contribution >= 0.6 is 23.2 Å². The normalized spacial score (nSPS) is 33.0. The summed E-state index contributed by atoms with van der Waals surface area (Å²) in [7, 11) is 1.66. The smallest absolute Gasteiger partial charge is 0.243 e. The largest absolute Gasteiger partial charge is 0.390 e. The summed E-state index contributed by atoms with van der Waals surface area (Å²) in [4.78, 5) is 26.6. The Morgan fingerprint density at radius 3 is 2.46 bits per heavy atom. The lowest BCUT2D eigenvalue weighted by Crippen LogP contribution is -2.56. The minimum atomic E-state index is -0.575. The van der Waals surface area contributed by atoms with Crippen LogP contribution in [0.1, 0.15) is 44.9 Å². The minimum absolute atomic E-state index is 0.0215. The van der Waals surface area contributed by atoms with E-state index in [-0.39, 0.29) is 23.8 Å². The number of nitrogens with zero attached hydrogens (tertiary/aromatic N) is 1. The Labute approximate surface area is 175 Å². The van der Waals surface area contributed by atoms with Gasteiger partial charge in [0.15, 0.2) is 0 Å². The van der Waals surface area contributed by atoms with Gasteiger partial charge in [-0.05, 0) is 74.0 Å². The van der Waals surface area contributed by atoms with Crippen molar-refractivity contribution in [3.05, 3.63) is 28.2 Å². The minimum Gasteiger partial charge on any atom is -0.390 e. The van der Waals surface area contributed by atoms with Crippen molar-refractivity contribution in [2.45, 2.75) is 50.5 Å². The van der Waals surface area contributed by atoms with Crippen LogP contribution in [0.15, 0.2) is 18.2 Å². The lowest BCUT2D eigenvalue weighted by Gasteiger charge is -2.60. The third-order valence-corrected chi connectivity index (χ3v) is 7.43. The van der Waals surface area contributed by atoms with E-state index in [4.69, 9.17) is 23.2 Å². The second-order valence-corrected chi connectivity index (χ2v) is 10.1. The Bertz CT molecular complexity index is 799. The summed E-state index contributed by atoms with van der Waals surface area (Å²) >= 11 is 11.9. The van der Waals surface area contributed by atoms with Crippen LogP contribution in [0.5, 0.6) is 0 Å². The van der Waals surface area contributed by atoms with Gasteiger partial charge in [-0.3, -0.25) is 9.59 Å². The van der Waals surface area contributed by atoms with Gasteiger partial charge in [0, 0.05) is 19.2 Å². The van der Waals surface area contributed by atoms with Crippen LogP contribution in [0.25, 0.3) is 0 Å². The standard InChI is InChI=1S/C21H26Cl2N2O3/c1-25(11-18(26)24-15-2-3-16(22)17(23)5-15)19(27)10-20-6-13-4-14(7-20)9-21(28,8-13)12-20/h2-3,5,13-14,28H,4,6-12H2,1H3,(H,24,26)/t13-,14+,20?,21?. The van der Waals surface area contributed by atoms with Crippen molar-refractivity contribution in [2.24, 2.45) is 17.3 Å². The van der Waals surface area contributed by atoms with Gasteiger partial charge in [-0.1, -0.05) is 23.2 Å². The highest BCUT2D eigenvalue weighted by Crippen LogP contribution is 2.62. The molecule has 5 rings (SSSR count). The molecular formula is C21H26Cl2N2O3. The van der Waals surface area contributed by atoms with Gasteiger partial charge >= 0.3 is 0 Å². The molecule has 1 aromatic rings. The molecule has 4 saturated carbocycles. The van der Waals surface area contributed by atoms with E-state index in [2.05, 4.69) is 5.32 Å². The molecule has 2 amide bonds. The number of hydrogen-bond donors (Lipinski definition) is 2. The van der Waals surface area contributed by atoms with Gasteiger partial charge in [0.05, 0.1) is 22.2 Å². The molecule has 4 aliphatic carbocycles. The maximum Gasteiger partial charge on any atom is 0.243 e. The first kappa shape index (κ1) is 20.0. The first-order valence-electron chi connectivity index (χ1n) is 9.87. The monoisotopic (exact) mass is 424 g/mol. The van der Waals surface area contributed by atoms with Crippen molar-refractivity contribution < 1.29 is 14.7 Å². The zero-order valence-corrected chi connectivity index (χ0v) is 17.5. The summed E-state index contributed by atoms with van der Waals surface area (Å²) in [6.45, 7) is -0.0215. The highest BCUT2D eigenvalue weighted by atomic mass is 35.5. The maximum atomic E-state index is 12.8. The second kappa shape index (κ2) is 7.19. The van der Waals surface area contributed by atoms with E-state index in [1.54, 1.807) is 25.2 Å². The van der Waals surface area contributed by atoms with Crippen LogP contribution in [0, 0.1) is 17.3 Å². The summed E-state index contributed by atoms with van der Waals surface area (Å²) in [6, 6.07) is 4.87. The van der Waals surface area contributed by atoms with Gasteiger partial charge in [0.25, 0.3) is 0 Å². The van der Waals surface area contributed by atoms with Crippen molar-refractivity contribution >= 4 is 40.7 Å². The van der Waals surface area contributed by atoms with Crippen molar-refractivity contribution in [3.63, 3.8) is 0 Å². The maximum absolute atomic E-state index is 12.8. The van der Waals surface area contributed by atoms with Gasteiger partial charge in [-0.15, -0.1) is 0 Å². The predicted molar refractivity (Wildman–Crippen MR) is 109 cm³/mol. The lowest BCUT2D eigenvalue weighted by atomic mass is 9.47. The summed E-state index contributed by atoms with van der Waals surface area (Å²) in [5.41, 5.74) is -0.123. The molecule has 1 aromatic carbocycles. The van der Waals surface area contributed by atoms with Gasteiger partial charge in [-0.2, -0.15) is 0 Å². The molecule has 0 heterocycles. The average Bonchev–Trinajstić information content (AvgIpc) is 2.55. The Balaban J connectivity index is 1.35. The van der Waals surface area contributed by atoms with E-state index in [1.807, 2.05) is 0 Å². The zero-order chi connectivity index (χ0) is 20.1. The predicted octanol–water partition coefficient (Wildman–Crippen LogP) is 4.11. The fraction of sp³-hybridized carbons (Fsp3) is 0.619. The third-order valence-electron chi connectivity index (χ3n) is 6.69. The fourth-order valence-corrected chi connectivity index (χ4v) is 6.44. The topological polar surface area (TPSA) is 69.6 Å². The van der Waals surface area contributed by atoms with Crippen LogP contribution in [0.4, 0.5) is 5.69 Å². The van der Waals surface area contributed by atoms with Gasteiger partial charge in [0.2, 0.25) is 11.8 Å². The Morgan fingerprint density at radius 1 is 1.18 bits per heavy atom. The zero-order valence-electron chi connectivity index (χ0n) is 16.0. The lowest BCUT2D eigenvalue weighted by molar-refractivity contribution is -0.171. The number of hydrogen-bond acceptors (Lipinski definition) is 3. The van der Waals surface area contributed by atoms with E-state index >= 15 is 0 Å². The van der Waals surface area contributed by atoms with Crippen LogP contribution < -0.4 is 5.32 Å². The van der Waals surface area contributed by atoms with Gasteiger partial charge < -0.3 is 15.3 Å². The molecule has 2 N–H and O–H groups in total. The molecule has 28 heavy (non-hydrogen) atoms. The number of rotatable bonds is 5. The third kappa shape index (κ3) is 4.03. The number of amides is 2. The van der Waals surface area contributed by atoms with E-state index in [9.17, 15) is 14.7 Å². The average molecular weight is 425 g/mol. The molecule has 7 heteroatoms. The van der Waals surface area contributed by atoms with Crippen molar-refractivity contribution in [3.8, 4) is 0 Å². The number of anilines is 1. The van der Waals surface area contributed by atoms with Gasteiger partial charge in [0.1, 0.15) is 0 Å². The summed E-state index contributed by atoms with van der Waals surface area (Å²) < 4.78 is 0. The first-order chi connectivity index (χ1) is 13.2. The molecule has 0 radical (unpaired) electrons. The summed E-state index contributed by atoms with van der Waals surface area (Å²) in [5.74, 6) is 0.776. The molecule has 0 saturated heterocycles. The second-order valence-electron chi connectivity index (χ2n) is 9.29. The Hall–Kier alpha value is -1.30. The van der Waals surface area contributed by atoms with Crippen LogP contribution in [0.2, 0.25) is 10.0 Å². The molecule has 0 aliphatic heterocycles. The summed E-state index contributed by atoms with van der Waals surface area (Å²) in [5, 5.41) is 14.4. The van der Waals surface area contributed by atoms with Crippen LogP contribution in [0.3, 0.4) is 0 Å². The summed E-state index contributed by atoms with van der Waals surface area (Å²) in [6.07, 6.45) is 6.17. The molecule has 5 nitrogen and oxygen atoms in total. The molecule has 4 bridgehead atoms. The molecule has 4 atom stereocenters. The van der Waals surface area contributed by atoms with Crippen molar-refractivity contribution in [1.29, 1.82) is 0 Å². The fourth-order valence-electron chi connectivity index (χ4n) is 6.14. The van der Waals surface area contributed by atoms with Crippen molar-refractivity contribution in [2.75, 3.05) is 18.9 Å². The molecular weight excluding hydrogens is 399 g/mol. The number of aliphatic hydroxyl groups is 1. The van der Waals surface area contributed by atoms with Crippen LogP contribution in [-0.2, 0) is 9.59 Å². The number of halogens is 2. The first-order valence-corrected chi connectivity index (χ1v) is 10.6. The Morgan fingerprint density at radius 2 is 1.86 bits per heavy atom. The number of nitrogens with one attached hydrogen (secondary N) is 1. The molecule has 4 fully saturated rings. The number of likely N-dealkylation sites (N-methyl/N-ethyl adjacent to an activating group) is 1. The molecule has 0 aromatic heterocycles. The van der Waals surface area contributed by atoms with E-state index in [0.29, 0.717) is 34.0 Å². The van der Waals surface area contributed by atoms with E-state index < -0.39 is 5.60 Å². The SMILES string of the molecule is CN(CC(=O)Nc1ccc(Cl)c(Cl)c1)C(=O)CC12C[C@@H]3C[C@@H](CC(O)(C3)C1)C2. The molecule has 2 unspecified atom stereocenters. The van der Waals surface area contributed by atoms with Crippen LogP contribution in [-0.4, -0.2) is 41.0 Å². The van der Waals surface area contributed by atoms with Gasteiger partial charge in [-0.25, -0.2) is 0 Å². The number of benzene rings is 1. The molecule has 0 spiro atoms. The van der Waals surface area contributed by atoms with E-state index in [1.165, 1.54) is 11.3 Å². The number of carbonyl (C=O) groups excluding carboxylic acids is 2. The highest BCUT2D eigenvalue weighted by molar-refractivity contribution is 6.42. The Kier molecular flexibility index (Phi) is 5.13. The quantitative estimate of drug-likeness (QED) is 0.746. The van der Waals surface area contributed by atoms with Crippen molar-refractivity contribution in [1.82, 2.24) is 4.90 Å². The molecule has 152 valence electrons. The highest BCUT2D eigenvalue weighted by Gasteiger charge is 2.57. The number of carbonyl (C=O) groups is 2.